The third-order valence-electron chi connectivity index (χ3n) is 10.2. The van der Waals surface area contributed by atoms with Crippen molar-refractivity contribution >= 4 is 11.9 Å². The number of phenolic OH excluding ortho intramolecular Hbond substituents is 1. The molecule has 9 heteroatoms. The summed E-state index contributed by atoms with van der Waals surface area (Å²) in [5.41, 5.74) is -1.64. The van der Waals surface area contributed by atoms with E-state index in [4.69, 9.17) is 9.47 Å². The van der Waals surface area contributed by atoms with E-state index in [1.807, 2.05) is 6.07 Å². The molecule has 37 heavy (non-hydrogen) atoms. The Hall–Kier alpha value is -2.78. The fourth-order valence-electron chi connectivity index (χ4n) is 8.21. The Morgan fingerprint density at radius 3 is 2.65 bits per heavy atom. The number of benzene rings is 1. The summed E-state index contributed by atoms with van der Waals surface area (Å²) in [6.45, 7) is 1.65. The molecule has 4 N–H and O–H groups in total. The molecule has 2 aliphatic heterocycles. The SMILES string of the molecule is COC(=O)C1(NC(=O)C2=C(O)[C@@H]3Oc4c(O)ccc5c4[C@@]34CCN(CC3CC3)[C@H](C5)[C@]4(O)C2)CCCC1. The number of ether oxygens (including phenoxy) is 2. The van der Waals surface area contributed by atoms with Crippen molar-refractivity contribution in [3.8, 4) is 11.5 Å². The van der Waals surface area contributed by atoms with Crippen LogP contribution >= 0.6 is 0 Å². The number of amides is 1. The third-order valence-corrected chi connectivity index (χ3v) is 10.2. The minimum Gasteiger partial charge on any atom is -0.508 e. The fourth-order valence-corrected chi connectivity index (χ4v) is 8.21. The number of rotatable bonds is 5. The van der Waals surface area contributed by atoms with Gasteiger partial charge < -0.3 is 30.1 Å². The molecule has 0 unspecified atom stereocenters. The summed E-state index contributed by atoms with van der Waals surface area (Å²) >= 11 is 0. The number of nitrogens with zero attached hydrogens (tertiary/aromatic N) is 1. The monoisotopic (exact) mass is 510 g/mol. The Labute approximate surface area is 215 Å². The first kappa shape index (κ1) is 23.3. The van der Waals surface area contributed by atoms with Gasteiger partial charge in [0.05, 0.1) is 23.7 Å². The van der Waals surface area contributed by atoms with E-state index in [-0.39, 0.29) is 29.5 Å². The Morgan fingerprint density at radius 2 is 1.95 bits per heavy atom. The Morgan fingerprint density at radius 1 is 1.19 bits per heavy atom. The second-order valence-corrected chi connectivity index (χ2v) is 12.0. The van der Waals surface area contributed by atoms with Crippen molar-refractivity contribution < 1.29 is 34.4 Å². The van der Waals surface area contributed by atoms with Crippen LogP contribution in [-0.4, -0.2) is 75.6 Å². The number of carbonyl (C=O) groups is 2. The number of nitrogens with one attached hydrogen (secondary N) is 1. The molecule has 4 atom stereocenters. The van der Waals surface area contributed by atoms with Gasteiger partial charge in [0.1, 0.15) is 11.3 Å². The normalized spacial score (nSPS) is 35.1. The van der Waals surface area contributed by atoms with Gasteiger partial charge in [-0.3, -0.25) is 9.69 Å². The number of piperidine rings is 1. The highest BCUT2D eigenvalue weighted by Gasteiger charge is 2.73. The smallest absolute Gasteiger partial charge is 0.331 e. The average Bonchev–Trinajstić information content (AvgIpc) is 3.43. The van der Waals surface area contributed by atoms with Crippen LogP contribution in [0.2, 0.25) is 0 Å². The van der Waals surface area contributed by atoms with E-state index in [1.54, 1.807) is 6.07 Å². The lowest BCUT2D eigenvalue weighted by molar-refractivity contribution is -0.173. The summed E-state index contributed by atoms with van der Waals surface area (Å²) in [4.78, 5) is 28.8. The molecule has 3 fully saturated rings. The van der Waals surface area contributed by atoms with Crippen molar-refractivity contribution in [1.29, 1.82) is 0 Å². The van der Waals surface area contributed by atoms with Gasteiger partial charge in [0.15, 0.2) is 17.6 Å². The van der Waals surface area contributed by atoms with E-state index < -0.39 is 34.5 Å². The standard InChI is InChI=1S/C28H34N2O7/c1-36-25(34)26(8-2-3-9-26)29-24(33)17-13-28(35)19-12-16-6-7-18(31)22-20(16)27(28,23(37-22)21(17)32)10-11-30(19)14-15-4-5-15/h6-7,15,19,23,31-32,35H,2-5,8-14H2,1H3,(H,29,33)/t19-,23+,27+,28-/m1/s1. The number of phenols is 1. The number of hydrogen-bond acceptors (Lipinski definition) is 8. The topological polar surface area (TPSA) is 129 Å². The van der Waals surface area contributed by atoms with E-state index in [0.717, 1.165) is 37.1 Å². The van der Waals surface area contributed by atoms with Crippen LogP contribution in [0, 0.1) is 5.92 Å². The van der Waals surface area contributed by atoms with Crippen LogP contribution < -0.4 is 10.1 Å². The van der Waals surface area contributed by atoms with Crippen LogP contribution in [0.3, 0.4) is 0 Å². The van der Waals surface area contributed by atoms with Crippen LogP contribution in [0.25, 0.3) is 0 Å². The second kappa shape index (κ2) is 7.63. The first-order valence-electron chi connectivity index (χ1n) is 13.6. The summed E-state index contributed by atoms with van der Waals surface area (Å²) in [6.07, 6.45) is 4.97. The van der Waals surface area contributed by atoms with Crippen molar-refractivity contribution in [3.05, 3.63) is 34.6 Å². The van der Waals surface area contributed by atoms with Gasteiger partial charge in [-0.05, 0) is 62.6 Å². The summed E-state index contributed by atoms with van der Waals surface area (Å²) in [5.74, 6) is -0.396. The molecule has 0 aromatic heterocycles. The highest BCUT2D eigenvalue weighted by molar-refractivity contribution is 5.99. The largest absolute Gasteiger partial charge is 0.508 e. The molecule has 4 aliphatic carbocycles. The maximum atomic E-state index is 13.8. The maximum Gasteiger partial charge on any atom is 0.331 e. The fraction of sp³-hybridized carbons (Fsp3) is 0.643. The lowest BCUT2D eigenvalue weighted by Crippen LogP contribution is -2.76. The number of methoxy groups -OCH3 is 1. The lowest BCUT2D eigenvalue weighted by atomic mass is 9.49. The Balaban J connectivity index is 1.34. The zero-order valence-electron chi connectivity index (χ0n) is 21.1. The van der Waals surface area contributed by atoms with E-state index >= 15 is 0 Å². The van der Waals surface area contributed by atoms with Gasteiger partial charge in [-0.15, -0.1) is 0 Å². The number of hydrogen-bond donors (Lipinski definition) is 4. The van der Waals surface area contributed by atoms with Crippen molar-refractivity contribution in [2.75, 3.05) is 20.2 Å². The molecule has 1 saturated heterocycles. The molecule has 9 nitrogen and oxygen atoms in total. The van der Waals surface area contributed by atoms with Gasteiger partial charge >= 0.3 is 5.97 Å². The first-order valence-corrected chi connectivity index (χ1v) is 13.6. The van der Waals surface area contributed by atoms with Crippen LogP contribution in [0.4, 0.5) is 0 Å². The van der Waals surface area contributed by atoms with Crippen LogP contribution in [0.15, 0.2) is 23.5 Å². The molecule has 1 amide bonds. The molecule has 1 aromatic rings. The number of aliphatic hydroxyl groups is 2. The minimum atomic E-state index is -1.39. The number of carbonyl (C=O) groups excluding carboxylic acids is 2. The number of aliphatic hydroxyl groups excluding tert-OH is 1. The van der Waals surface area contributed by atoms with E-state index in [0.29, 0.717) is 37.4 Å². The highest BCUT2D eigenvalue weighted by Crippen LogP contribution is 2.66. The lowest BCUT2D eigenvalue weighted by Gasteiger charge is -2.62. The first-order chi connectivity index (χ1) is 17.7. The maximum absolute atomic E-state index is 13.8. The summed E-state index contributed by atoms with van der Waals surface area (Å²) < 4.78 is 11.3. The third kappa shape index (κ3) is 2.92. The molecule has 1 aromatic carbocycles. The van der Waals surface area contributed by atoms with E-state index in [9.17, 15) is 24.9 Å². The number of esters is 1. The Kier molecular flexibility index (Phi) is 4.82. The van der Waals surface area contributed by atoms with Gasteiger partial charge in [0, 0.05) is 24.6 Å². The van der Waals surface area contributed by atoms with Gasteiger partial charge in [0.25, 0.3) is 5.91 Å². The van der Waals surface area contributed by atoms with Crippen molar-refractivity contribution in [2.45, 2.75) is 86.5 Å². The molecular weight excluding hydrogens is 476 g/mol. The van der Waals surface area contributed by atoms with E-state index in [1.165, 1.54) is 20.0 Å². The zero-order valence-corrected chi connectivity index (χ0v) is 21.1. The predicted octanol–water partition coefficient (Wildman–Crippen LogP) is 1.98. The molecule has 2 bridgehead atoms. The molecule has 1 spiro atoms. The average molecular weight is 511 g/mol. The highest BCUT2D eigenvalue weighted by atomic mass is 16.5. The number of aromatic hydroxyl groups is 1. The second-order valence-electron chi connectivity index (χ2n) is 12.0. The van der Waals surface area contributed by atoms with Crippen LogP contribution in [0.5, 0.6) is 11.5 Å². The van der Waals surface area contributed by atoms with Gasteiger partial charge in [-0.2, -0.15) is 0 Å². The van der Waals surface area contributed by atoms with Crippen molar-refractivity contribution in [3.63, 3.8) is 0 Å². The van der Waals surface area contributed by atoms with Gasteiger partial charge in [-0.1, -0.05) is 18.9 Å². The minimum absolute atomic E-state index is 0.0295. The molecular formula is C28H34N2O7. The molecule has 0 radical (unpaired) electrons. The van der Waals surface area contributed by atoms with Crippen molar-refractivity contribution in [1.82, 2.24) is 10.2 Å². The van der Waals surface area contributed by atoms with Crippen molar-refractivity contribution in [2.24, 2.45) is 5.92 Å². The predicted molar refractivity (Wildman–Crippen MR) is 131 cm³/mol. The summed E-state index contributed by atoms with van der Waals surface area (Å²) in [6, 6.07) is 3.26. The molecule has 198 valence electrons. The van der Waals surface area contributed by atoms with Crippen LogP contribution in [0.1, 0.15) is 62.5 Å². The molecule has 6 aliphatic rings. The molecule has 2 heterocycles. The molecule has 2 saturated carbocycles. The summed E-state index contributed by atoms with van der Waals surface area (Å²) in [7, 11) is 1.31. The Bertz CT molecular complexity index is 1230. The quantitative estimate of drug-likeness (QED) is 0.443. The molecule has 7 rings (SSSR count). The van der Waals surface area contributed by atoms with E-state index in [2.05, 4.69) is 10.2 Å². The van der Waals surface area contributed by atoms with Gasteiger partial charge in [-0.25, -0.2) is 4.79 Å². The summed E-state index contributed by atoms with van der Waals surface area (Å²) in [5, 5.41) is 37.9. The van der Waals surface area contributed by atoms with Crippen LogP contribution in [-0.2, 0) is 26.2 Å². The van der Waals surface area contributed by atoms with Gasteiger partial charge in [0.2, 0.25) is 0 Å². The number of likely N-dealkylation sites (tertiary alicyclic amines) is 1. The zero-order chi connectivity index (χ0) is 25.7.